The van der Waals surface area contributed by atoms with Crippen LogP contribution in [-0.2, 0) is 5.41 Å². The lowest BCUT2D eigenvalue weighted by Gasteiger charge is -2.17. The molecule has 0 fully saturated rings. The number of nitrogens with zero attached hydrogens (tertiary/aromatic N) is 3. The lowest BCUT2D eigenvalue weighted by Crippen LogP contribution is -2.16. The van der Waals surface area contributed by atoms with E-state index in [2.05, 4.69) is 11.1 Å². The van der Waals surface area contributed by atoms with Crippen LogP contribution >= 0.6 is 0 Å². The average Bonchev–Trinajstić information content (AvgIpc) is 2.18. The molecule has 3 heteroatoms. The molecular formula is C11H15N3. The SMILES string of the molecule is CN(C)c1ccc(C(C)(C)C#N)cn1. The summed E-state index contributed by atoms with van der Waals surface area (Å²) in [6.07, 6.45) is 1.76. The Labute approximate surface area is 85.0 Å². The third-order valence-corrected chi connectivity index (χ3v) is 2.21. The minimum atomic E-state index is -0.460. The summed E-state index contributed by atoms with van der Waals surface area (Å²) < 4.78 is 0. The van der Waals surface area contributed by atoms with Crippen molar-refractivity contribution in [1.82, 2.24) is 4.98 Å². The van der Waals surface area contributed by atoms with E-state index in [0.717, 1.165) is 11.4 Å². The van der Waals surface area contributed by atoms with E-state index in [1.807, 2.05) is 45.0 Å². The quantitative estimate of drug-likeness (QED) is 0.714. The van der Waals surface area contributed by atoms with E-state index < -0.39 is 5.41 Å². The fourth-order valence-electron chi connectivity index (χ4n) is 1.08. The fourth-order valence-corrected chi connectivity index (χ4v) is 1.08. The van der Waals surface area contributed by atoms with Crippen molar-refractivity contribution in [2.45, 2.75) is 19.3 Å². The van der Waals surface area contributed by atoms with Gasteiger partial charge in [0, 0.05) is 20.3 Å². The molecule has 0 amide bonds. The molecule has 1 heterocycles. The van der Waals surface area contributed by atoms with Gasteiger partial charge in [0.1, 0.15) is 5.82 Å². The molecule has 0 aliphatic carbocycles. The van der Waals surface area contributed by atoms with Crippen molar-refractivity contribution in [1.29, 1.82) is 5.26 Å². The first-order valence-corrected chi connectivity index (χ1v) is 4.52. The number of hydrogen-bond donors (Lipinski definition) is 0. The molecule has 0 aliphatic rings. The molecule has 14 heavy (non-hydrogen) atoms. The third-order valence-electron chi connectivity index (χ3n) is 2.21. The molecule has 0 spiro atoms. The first kappa shape index (κ1) is 10.5. The summed E-state index contributed by atoms with van der Waals surface area (Å²) in [6.45, 7) is 3.78. The van der Waals surface area contributed by atoms with Gasteiger partial charge in [0.25, 0.3) is 0 Å². The van der Waals surface area contributed by atoms with Crippen LogP contribution in [0.4, 0.5) is 5.82 Å². The van der Waals surface area contributed by atoms with Crippen LogP contribution in [0.5, 0.6) is 0 Å². The Morgan fingerprint density at radius 1 is 1.36 bits per heavy atom. The van der Waals surface area contributed by atoms with Crippen molar-refractivity contribution in [3.05, 3.63) is 23.9 Å². The monoisotopic (exact) mass is 189 g/mol. The first-order valence-electron chi connectivity index (χ1n) is 4.52. The second-order valence-corrected chi connectivity index (χ2v) is 4.04. The topological polar surface area (TPSA) is 39.9 Å². The minimum Gasteiger partial charge on any atom is -0.363 e. The standard InChI is InChI=1S/C11H15N3/c1-11(2,8-12)9-5-6-10(13-7-9)14(3)4/h5-7H,1-4H3. The van der Waals surface area contributed by atoms with Crippen molar-refractivity contribution in [2.75, 3.05) is 19.0 Å². The molecule has 0 N–H and O–H groups in total. The van der Waals surface area contributed by atoms with Gasteiger partial charge in [-0.25, -0.2) is 4.98 Å². The Kier molecular flexibility index (Phi) is 2.76. The maximum Gasteiger partial charge on any atom is 0.127 e. The number of aromatic nitrogens is 1. The van der Waals surface area contributed by atoms with Gasteiger partial charge in [0.05, 0.1) is 11.5 Å². The molecule has 0 aromatic carbocycles. The summed E-state index contributed by atoms with van der Waals surface area (Å²) >= 11 is 0. The smallest absolute Gasteiger partial charge is 0.127 e. The van der Waals surface area contributed by atoms with Gasteiger partial charge in [-0.05, 0) is 25.5 Å². The molecule has 1 rings (SSSR count). The van der Waals surface area contributed by atoms with Gasteiger partial charge >= 0.3 is 0 Å². The predicted molar refractivity (Wildman–Crippen MR) is 57.2 cm³/mol. The number of rotatable bonds is 2. The van der Waals surface area contributed by atoms with E-state index in [1.54, 1.807) is 6.20 Å². The lowest BCUT2D eigenvalue weighted by molar-refractivity contribution is 0.682. The molecule has 3 nitrogen and oxygen atoms in total. The van der Waals surface area contributed by atoms with E-state index in [1.165, 1.54) is 0 Å². The summed E-state index contributed by atoms with van der Waals surface area (Å²) in [5.41, 5.74) is 0.489. The van der Waals surface area contributed by atoms with Crippen molar-refractivity contribution >= 4 is 5.82 Å². The Balaban J connectivity index is 3.01. The second-order valence-electron chi connectivity index (χ2n) is 4.04. The summed E-state index contributed by atoms with van der Waals surface area (Å²) in [4.78, 5) is 6.20. The van der Waals surface area contributed by atoms with Crippen molar-refractivity contribution in [2.24, 2.45) is 0 Å². The zero-order chi connectivity index (χ0) is 10.8. The Morgan fingerprint density at radius 3 is 2.36 bits per heavy atom. The second kappa shape index (κ2) is 3.67. The summed E-state index contributed by atoms with van der Waals surface area (Å²) in [5.74, 6) is 0.905. The first-order chi connectivity index (χ1) is 6.47. The minimum absolute atomic E-state index is 0.460. The van der Waals surface area contributed by atoms with Gasteiger partial charge in [0.15, 0.2) is 0 Å². The highest BCUT2D eigenvalue weighted by molar-refractivity contribution is 5.40. The highest BCUT2D eigenvalue weighted by atomic mass is 15.1. The predicted octanol–water partition coefficient (Wildman–Crippen LogP) is 1.95. The van der Waals surface area contributed by atoms with E-state index in [-0.39, 0.29) is 0 Å². The van der Waals surface area contributed by atoms with E-state index in [4.69, 9.17) is 5.26 Å². The third kappa shape index (κ3) is 2.02. The van der Waals surface area contributed by atoms with Crippen LogP contribution < -0.4 is 4.90 Å². The van der Waals surface area contributed by atoms with E-state index in [9.17, 15) is 0 Å². The van der Waals surface area contributed by atoms with Gasteiger partial charge in [-0.3, -0.25) is 0 Å². The maximum absolute atomic E-state index is 8.94. The Morgan fingerprint density at radius 2 is 2.00 bits per heavy atom. The molecular weight excluding hydrogens is 174 g/mol. The highest BCUT2D eigenvalue weighted by Crippen LogP contribution is 2.22. The molecule has 0 aliphatic heterocycles. The van der Waals surface area contributed by atoms with Crippen molar-refractivity contribution in [3.8, 4) is 6.07 Å². The molecule has 1 aromatic heterocycles. The number of hydrogen-bond acceptors (Lipinski definition) is 3. The van der Waals surface area contributed by atoms with Crippen molar-refractivity contribution in [3.63, 3.8) is 0 Å². The van der Waals surface area contributed by atoms with Gasteiger partial charge in [0.2, 0.25) is 0 Å². The number of pyridine rings is 1. The summed E-state index contributed by atoms with van der Waals surface area (Å²) in [7, 11) is 3.88. The average molecular weight is 189 g/mol. The number of nitriles is 1. The normalized spacial score (nSPS) is 10.8. The van der Waals surface area contributed by atoms with Crippen LogP contribution in [0.25, 0.3) is 0 Å². The molecule has 0 unspecified atom stereocenters. The molecule has 74 valence electrons. The van der Waals surface area contributed by atoms with Gasteiger partial charge < -0.3 is 4.90 Å². The fraction of sp³-hybridized carbons (Fsp3) is 0.455. The maximum atomic E-state index is 8.94. The van der Waals surface area contributed by atoms with Crippen LogP contribution in [0.15, 0.2) is 18.3 Å². The van der Waals surface area contributed by atoms with Crippen molar-refractivity contribution < 1.29 is 0 Å². The van der Waals surface area contributed by atoms with Gasteiger partial charge in [-0.15, -0.1) is 0 Å². The molecule has 0 atom stereocenters. The van der Waals surface area contributed by atoms with Crippen LogP contribution in [-0.4, -0.2) is 19.1 Å². The molecule has 0 bridgehead atoms. The Bertz CT molecular complexity index is 344. The summed E-state index contributed by atoms with van der Waals surface area (Å²) in [5, 5.41) is 8.94. The Hall–Kier alpha value is -1.56. The molecule has 0 saturated carbocycles. The highest BCUT2D eigenvalue weighted by Gasteiger charge is 2.19. The van der Waals surface area contributed by atoms with E-state index in [0.29, 0.717) is 0 Å². The van der Waals surface area contributed by atoms with Crippen LogP contribution in [0.3, 0.4) is 0 Å². The van der Waals surface area contributed by atoms with Crippen LogP contribution in [0.2, 0.25) is 0 Å². The van der Waals surface area contributed by atoms with Gasteiger partial charge in [-0.2, -0.15) is 5.26 Å². The molecule has 0 radical (unpaired) electrons. The zero-order valence-corrected chi connectivity index (χ0v) is 9.07. The number of anilines is 1. The summed E-state index contributed by atoms with van der Waals surface area (Å²) in [6, 6.07) is 6.13. The van der Waals surface area contributed by atoms with Crippen LogP contribution in [0.1, 0.15) is 19.4 Å². The molecule has 1 aromatic rings. The lowest BCUT2D eigenvalue weighted by atomic mass is 9.88. The molecule has 0 saturated heterocycles. The van der Waals surface area contributed by atoms with E-state index >= 15 is 0 Å². The van der Waals surface area contributed by atoms with Crippen LogP contribution in [0, 0.1) is 11.3 Å². The largest absolute Gasteiger partial charge is 0.363 e. The van der Waals surface area contributed by atoms with Gasteiger partial charge in [-0.1, -0.05) is 6.07 Å². The zero-order valence-electron chi connectivity index (χ0n) is 9.07.